The molecule has 0 unspecified atom stereocenters. The molecule has 148 valence electrons. The van der Waals surface area contributed by atoms with Crippen LogP contribution in [-0.2, 0) is 9.53 Å². The van der Waals surface area contributed by atoms with E-state index in [1.165, 1.54) is 6.08 Å². The summed E-state index contributed by atoms with van der Waals surface area (Å²) >= 11 is 3.46. The Morgan fingerprint density at radius 1 is 1.03 bits per heavy atom. The minimum Gasteiger partial charge on any atom is -0.449 e. The van der Waals surface area contributed by atoms with Crippen LogP contribution in [0.5, 0.6) is 0 Å². The summed E-state index contributed by atoms with van der Waals surface area (Å²) in [6.45, 7) is 1.96. The van der Waals surface area contributed by atoms with Crippen molar-refractivity contribution >= 4 is 50.5 Å². The van der Waals surface area contributed by atoms with Gasteiger partial charge in [0.1, 0.15) is 11.3 Å². The lowest BCUT2D eigenvalue weighted by Gasteiger charge is -2.26. The molecule has 2 heterocycles. The van der Waals surface area contributed by atoms with Crippen molar-refractivity contribution in [3.8, 4) is 0 Å². The van der Waals surface area contributed by atoms with Gasteiger partial charge in [-0.15, -0.1) is 0 Å². The first-order valence-electron chi connectivity index (χ1n) is 9.25. The fourth-order valence-corrected chi connectivity index (χ4v) is 3.59. The van der Waals surface area contributed by atoms with Gasteiger partial charge in [0.2, 0.25) is 11.7 Å². The van der Waals surface area contributed by atoms with Crippen molar-refractivity contribution in [2.45, 2.75) is 0 Å². The van der Waals surface area contributed by atoms with E-state index in [1.54, 1.807) is 17.0 Å². The number of furan rings is 1. The van der Waals surface area contributed by atoms with Gasteiger partial charge in [-0.25, -0.2) is 0 Å². The summed E-state index contributed by atoms with van der Waals surface area (Å²) in [5.41, 5.74) is 1.82. The van der Waals surface area contributed by atoms with Gasteiger partial charge in [-0.05, 0) is 29.8 Å². The van der Waals surface area contributed by atoms with Crippen LogP contribution in [0.15, 0.2) is 63.5 Å². The number of rotatable bonds is 4. The molecule has 0 aliphatic carbocycles. The number of para-hydroxylation sites is 1. The highest BCUT2D eigenvalue weighted by atomic mass is 79.9. The van der Waals surface area contributed by atoms with Crippen molar-refractivity contribution < 1.29 is 18.7 Å². The summed E-state index contributed by atoms with van der Waals surface area (Å²) < 4.78 is 12.0. The molecule has 6 nitrogen and oxygen atoms in total. The fraction of sp³-hybridized carbons (Fsp3) is 0.182. The van der Waals surface area contributed by atoms with Crippen molar-refractivity contribution in [1.82, 2.24) is 4.90 Å². The van der Waals surface area contributed by atoms with E-state index < -0.39 is 0 Å². The summed E-state index contributed by atoms with van der Waals surface area (Å²) in [7, 11) is 0. The number of nitrogens with zero attached hydrogens (tertiary/aromatic N) is 1. The third-order valence-electron chi connectivity index (χ3n) is 4.66. The van der Waals surface area contributed by atoms with Gasteiger partial charge in [0.05, 0.1) is 13.2 Å². The first kappa shape index (κ1) is 19.4. The van der Waals surface area contributed by atoms with Gasteiger partial charge in [-0.3, -0.25) is 9.59 Å². The molecule has 2 aromatic carbocycles. The molecule has 1 fully saturated rings. The van der Waals surface area contributed by atoms with E-state index >= 15 is 0 Å². The number of carbonyl (C=O) groups excluding carboxylic acids is 2. The van der Waals surface area contributed by atoms with Crippen LogP contribution < -0.4 is 5.32 Å². The van der Waals surface area contributed by atoms with Crippen LogP contribution >= 0.6 is 15.9 Å². The smallest absolute Gasteiger partial charge is 0.291 e. The molecule has 3 aromatic rings. The molecule has 0 atom stereocenters. The van der Waals surface area contributed by atoms with E-state index in [2.05, 4.69) is 21.2 Å². The second-order valence-electron chi connectivity index (χ2n) is 6.55. The van der Waals surface area contributed by atoms with Gasteiger partial charge >= 0.3 is 0 Å². The number of nitrogens with one attached hydrogen (secondary N) is 1. The molecule has 29 heavy (non-hydrogen) atoms. The molecule has 0 bridgehead atoms. The average molecular weight is 455 g/mol. The molecule has 2 amide bonds. The average Bonchev–Trinajstić information content (AvgIpc) is 3.11. The number of morpholine rings is 1. The number of carbonyl (C=O) groups is 2. The SMILES string of the molecule is O=C(/C=C/c1ccccc1Br)Nc1c(C(=O)N2CCOCC2)oc2ccccc12. The predicted molar refractivity (Wildman–Crippen MR) is 115 cm³/mol. The van der Waals surface area contributed by atoms with Crippen molar-refractivity contribution in [3.05, 3.63) is 70.4 Å². The van der Waals surface area contributed by atoms with Crippen LogP contribution in [0, 0.1) is 0 Å². The van der Waals surface area contributed by atoms with E-state index in [9.17, 15) is 9.59 Å². The molecule has 0 spiro atoms. The summed E-state index contributed by atoms with van der Waals surface area (Å²) in [5, 5.41) is 3.52. The number of ether oxygens (including phenoxy) is 1. The molecule has 0 radical (unpaired) electrons. The van der Waals surface area contributed by atoms with Crippen molar-refractivity contribution in [2.24, 2.45) is 0 Å². The maximum Gasteiger partial charge on any atom is 0.291 e. The van der Waals surface area contributed by atoms with Gasteiger partial charge < -0.3 is 19.4 Å². The van der Waals surface area contributed by atoms with E-state index in [0.29, 0.717) is 43.0 Å². The number of amides is 2. The molecular formula is C22H19BrN2O4. The topological polar surface area (TPSA) is 71.8 Å². The Morgan fingerprint density at radius 3 is 2.55 bits per heavy atom. The molecule has 1 aliphatic heterocycles. The van der Waals surface area contributed by atoms with Gasteiger partial charge in [0.25, 0.3) is 5.91 Å². The highest BCUT2D eigenvalue weighted by molar-refractivity contribution is 9.10. The van der Waals surface area contributed by atoms with Crippen LogP contribution in [0.2, 0.25) is 0 Å². The largest absolute Gasteiger partial charge is 0.449 e. The Balaban J connectivity index is 1.62. The molecule has 0 saturated carbocycles. The van der Waals surface area contributed by atoms with Crippen LogP contribution in [0.25, 0.3) is 17.0 Å². The zero-order valence-corrected chi connectivity index (χ0v) is 17.1. The third-order valence-corrected chi connectivity index (χ3v) is 5.38. The van der Waals surface area contributed by atoms with E-state index in [1.807, 2.05) is 42.5 Å². The molecule has 1 saturated heterocycles. The third kappa shape index (κ3) is 4.26. The lowest BCUT2D eigenvalue weighted by atomic mass is 10.2. The van der Waals surface area contributed by atoms with Gasteiger partial charge in [-0.2, -0.15) is 0 Å². The summed E-state index contributed by atoms with van der Waals surface area (Å²) in [5.74, 6) is -0.464. The maximum absolute atomic E-state index is 13.0. The van der Waals surface area contributed by atoms with Crippen molar-refractivity contribution in [3.63, 3.8) is 0 Å². The van der Waals surface area contributed by atoms with E-state index in [0.717, 1.165) is 10.0 Å². The molecule has 1 aliphatic rings. The highest BCUT2D eigenvalue weighted by Crippen LogP contribution is 2.32. The minimum absolute atomic E-state index is 0.135. The van der Waals surface area contributed by atoms with Crippen LogP contribution in [0.4, 0.5) is 5.69 Å². The number of anilines is 1. The first-order valence-corrected chi connectivity index (χ1v) is 10.0. The zero-order chi connectivity index (χ0) is 20.2. The Morgan fingerprint density at radius 2 is 1.76 bits per heavy atom. The van der Waals surface area contributed by atoms with Crippen LogP contribution in [0.1, 0.15) is 16.1 Å². The van der Waals surface area contributed by atoms with Crippen LogP contribution in [0.3, 0.4) is 0 Å². The molecule has 1 aromatic heterocycles. The lowest BCUT2D eigenvalue weighted by molar-refractivity contribution is -0.111. The standard InChI is InChI=1S/C22H19BrN2O4/c23-17-7-3-1-5-15(17)9-10-19(26)24-20-16-6-2-4-8-18(16)29-21(20)22(27)25-11-13-28-14-12-25/h1-10H,11-14H2,(H,24,26)/b10-9+. The molecular weight excluding hydrogens is 436 g/mol. The molecule has 7 heteroatoms. The van der Waals surface area contributed by atoms with Crippen molar-refractivity contribution in [1.29, 1.82) is 0 Å². The minimum atomic E-state index is -0.344. The van der Waals surface area contributed by atoms with Gasteiger partial charge in [0.15, 0.2) is 0 Å². The Labute approximate surface area is 176 Å². The number of hydrogen-bond donors (Lipinski definition) is 1. The lowest BCUT2D eigenvalue weighted by Crippen LogP contribution is -2.40. The quantitative estimate of drug-likeness (QED) is 0.595. The van der Waals surface area contributed by atoms with Gasteiger partial charge in [0, 0.05) is 29.0 Å². The number of fused-ring (bicyclic) bond motifs is 1. The second-order valence-corrected chi connectivity index (χ2v) is 7.41. The van der Waals surface area contributed by atoms with Gasteiger partial charge in [-0.1, -0.05) is 46.3 Å². The molecule has 1 N–H and O–H groups in total. The second kappa shape index (κ2) is 8.63. The Kier molecular flexibility index (Phi) is 5.78. The maximum atomic E-state index is 13.0. The Hall–Kier alpha value is -2.90. The molecule has 4 rings (SSSR count). The fourth-order valence-electron chi connectivity index (χ4n) is 3.17. The highest BCUT2D eigenvalue weighted by Gasteiger charge is 2.27. The van der Waals surface area contributed by atoms with E-state index in [-0.39, 0.29) is 17.6 Å². The number of benzene rings is 2. The number of halogens is 1. The first-order chi connectivity index (χ1) is 14.1. The summed E-state index contributed by atoms with van der Waals surface area (Å²) in [6.07, 6.45) is 3.15. The monoisotopic (exact) mass is 454 g/mol. The number of hydrogen-bond acceptors (Lipinski definition) is 4. The zero-order valence-electron chi connectivity index (χ0n) is 15.6. The normalized spacial score (nSPS) is 14.4. The summed E-state index contributed by atoms with van der Waals surface area (Å²) in [4.78, 5) is 27.3. The van der Waals surface area contributed by atoms with E-state index in [4.69, 9.17) is 9.15 Å². The predicted octanol–water partition coefficient (Wildman–Crippen LogP) is 4.32. The summed E-state index contributed by atoms with van der Waals surface area (Å²) in [6, 6.07) is 14.9. The Bertz CT molecular complexity index is 1080. The van der Waals surface area contributed by atoms with Crippen molar-refractivity contribution in [2.75, 3.05) is 31.6 Å². The van der Waals surface area contributed by atoms with Crippen LogP contribution in [-0.4, -0.2) is 43.0 Å².